The summed E-state index contributed by atoms with van der Waals surface area (Å²) < 4.78 is 0. The van der Waals surface area contributed by atoms with Crippen molar-refractivity contribution in [2.24, 2.45) is 17.3 Å². The monoisotopic (exact) mass is 156 g/mol. The van der Waals surface area contributed by atoms with Gasteiger partial charge in [0.05, 0.1) is 0 Å². The third kappa shape index (κ3) is 2.21. The molecule has 0 heteroatoms. The first-order valence-corrected chi connectivity index (χ1v) is 5.09. The van der Waals surface area contributed by atoms with Gasteiger partial charge in [-0.1, -0.05) is 41.5 Å². The van der Waals surface area contributed by atoms with Gasteiger partial charge in [0.25, 0.3) is 0 Å². The minimum atomic E-state index is 0.750. The lowest BCUT2D eigenvalue weighted by Crippen LogP contribution is -2.16. The molecule has 68 valence electrons. The van der Waals surface area contributed by atoms with Gasteiger partial charge in [-0.25, -0.2) is 0 Å². The molecule has 0 aromatic carbocycles. The van der Waals surface area contributed by atoms with Crippen LogP contribution in [0.25, 0.3) is 0 Å². The molecule has 11 heavy (non-hydrogen) atoms. The molecule has 0 unspecified atom stereocenters. The van der Waals surface area contributed by atoms with Crippen molar-refractivity contribution < 1.29 is 0 Å². The summed E-state index contributed by atoms with van der Waals surface area (Å²) in [5.74, 6) is 1.80. The standard InChI is InChI=1S/C9H18.C2H6/c1-7(2)9(5-6-9)8(3)4;1-2/h7-8H,5-6H2,1-4H3;1-2H3. The highest BCUT2D eigenvalue weighted by atomic mass is 14.5. The van der Waals surface area contributed by atoms with Crippen LogP contribution in [0.4, 0.5) is 0 Å². The molecule has 0 N–H and O–H groups in total. The van der Waals surface area contributed by atoms with Gasteiger partial charge >= 0.3 is 0 Å². The van der Waals surface area contributed by atoms with Gasteiger partial charge in [-0.05, 0) is 30.1 Å². The summed E-state index contributed by atoms with van der Waals surface area (Å²) in [7, 11) is 0. The minimum absolute atomic E-state index is 0.750. The Bertz CT molecular complexity index is 86.6. The Labute approximate surface area is 72.4 Å². The van der Waals surface area contributed by atoms with E-state index in [0.717, 1.165) is 17.3 Å². The molecule has 0 saturated heterocycles. The van der Waals surface area contributed by atoms with Crippen LogP contribution in [0, 0.1) is 17.3 Å². The predicted octanol–water partition coefficient (Wildman–Crippen LogP) is 4.10. The molecule has 0 spiro atoms. The highest BCUT2D eigenvalue weighted by molar-refractivity contribution is 4.97. The van der Waals surface area contributed by atoms with E-state index >= 15 is 0 Å². The molecule has 0 bridgehead atoms. The molecule has 0 aliphatic heterocycles. The van der Waals surface area contributed by atoms with E-state index in [2.05, 4.69) is 27.7 Å². The fourth-order valence-electron chi connectivity index (χ4n) is 1.97. The maximum absolute atomic E-state index is 2.35. The average Bonchev–Trinajstić information content (AvgIpc) is 2.70. The number of hydrogen-bond donors (Lipinski definition) is 0. The van der Waals surface area contributed by atoms with Crippen LogP contribution >= 0.6 is 0 Å². The van der Waals surface area contributed by atoms with Crippen LogP contribution < -0.4 is 0 Å². The van der Waals surface area contributed by atoms with Crippen molar-refractivity contribution in [2.75, 3.05) is 0 Å². The first kappa shape index (κ1) is 11.0. The lowest BCUT2D eigenvalue weighted by Gasteiger charge is -2.23. The summed E-state index contributed by atoms with van der Waals surface area (Å²) in [4.78, 5) is 0. The zero-order valence-corrected chi connectivity index (χ0v) is 9.07. The van der Waals surface area contributed by atoms with Gasteiger partial charge in [0.1, 0.15) is 0 Å². The lowest BCUT2D eigenvalue weighted by atomic mass is 9.82. The molecule has 1 saturated carbocycles. The molecule has 0 nitrogen and oxygen atoms in total. The second kappa shape index (κ2) is 4.13. The summed E-state index contributed by atoms with van der Waals surface area (Å²) in [5, 5.41) is 0. The van der Waals surface area contributed by atoms with Gasteiger partial charge in [-0.3, -0.25) is 0 Å². The molecule has 1 aliphatic rings. The van der Waals surface area contributed by atoms with Gasteiger partial charge in [-0.2, -0.15) is 0 Å². The van der Waals surface area contributed by atoms with Crippen molar-refractivity contribution in [3.05, 3.63) is 0 Å². The van der Waals surface area contributed by atoms with Crippen molar-refractivity contribution in [3.63, 3.8) is 0 Å². The summed E-state index contributed by atoms with van der Waals surface area (Å²) in [6.45, 7) is 13.4. The summed E-state index contributed by atoms with van der Waals surface area (Å²) in [6.07, 6.45) is 2.95. The highest BCUT2D eigenvalue weighted by Crippen LogP contribution is 2.57. The van der Waals surface area contributed by atoms with E-state index in [1.807, 2.05) is 13.8 Å². The smallest absolute Gasteiger partial charge is 0.0251 e. The van der Waals surface area contributed by atoms with Crippen LogP contribution in [-0.2, 0) is 0 Å². The van der Waals surface area contributed by atoms with Crippen molar-refractivity contribution in [2.45, 2.75) is 54.4 Å². The van der Waals surface area contributed by atoms with E-state index in [9.17, 15) is 0 Å². The molecule has 0 aromatic heterocycles. The molecule has 0 atom stereocenters. The van der Waals surface area contributed by atoms with Crippen molar-refractivity contribution in [1.82, 2.24) is 0 Å². The van der Waals surface area contributed by atoms with Crippen molar-refractivity contribution in [1.29, 1.82) is 0 Å². The van der Waals surface area contributed by atoms with E-state index < -0.39 is 0 Å². The van der Waals surface area contributed by atoms with E-state index in [1.165, 1.54) is 12.8 Å². The second-order valence-corrected chi connectivity index (χ2v) is 4.04. The lowest BCUT2D eigenvalue weighted by molar-refractivity contribution is 0.260. The molecule has 0 heterocycles. The largest absolute Gasteiger partial charge is 0.0683 e. The number of rotatable bonds is 2. The maximum Gasteiger partial charge on any atom is -0.0251 e. The van der Waals surface area contributed by atoms with Crippen molar-refractivity contribution >= 4 is 0 Å². The normalized spacial score (nSPS) is 19.6. The van der Waals surface area contributed by atoms with E-state index in [4.69, 9.17) is 0 Å². The Balaban J connectivity index is 0.000000461. The molecular formula is C11H24. The Morgan fingerprint density at radius 3 is 1.09 bits per heavy atom. The summed E-state index contributed by atoms with van der Waals surface area (Å²) >= 11 is 0. The second-order valence-electron chi connectivity index (χ2n) is 4.04. The van der Waals surface area contributed by atoms with Crippen LogP contribution in [0.1, 0.15) is 54.4 Å². The average molecular weight is 156 g/mol. The molecular weight excluding hydrogens is 132 g/mol. The zero-order valence-electron chi connectivity index (χ0n) is 9.07. The Kier molecular flexibility index (Phi) is 4.13. The van der Waals surface area contributed by atoms with Crippen LogP contribution in [0.15, 0.2) is 0 Å². The van der Waals surface area contributed by atoms with Gasteiger partial charge in [0.15, 0.2) is 0 Å². The summed E-state index contributed by atoms with van der Waals surface area (Å²) in [5.41, 5.74) is 0.750. The van der Waals surface area contributed by atoms with Crippen LogP contribution in [0.5, 0.6) is 0 Å². The quantitative estimate of drug-likeness (QED) is 0.564. The fraction of sp³-hybridized carbons (Fsp3) is 1.00. The third-order valence-electron chi connectivity index (χ3n) is 3.13. The van der Waals surface area contributed by atoms with Gasteiger partial charge in [-0.15, -0.1) is 0 Å². The third-order valence-corrected chi connectivity index (χ3v) is 3.13. The Hall–Kier alpha value is 0. The molecule has 0 radical (unpaired) electrons. The van der Waals surface area contributed by atoms with Crippen LogP contribution in [0.2, 0.25) is 0 Å². The molecule has 0 amide bonds. The maximum atomic E-state index is 2.35. The first-order chi connectivity index (χ1) is 5.09. The van der Waals surface area contributed by atoms with Gasteiger partial charge < -0.3 is 0 Å². The molecule has 1 rings (SSSR count). The van der Waals surface area contributed by atoms with E-state index in [-0.39, 0.29) is 0 Å². The zero-order chi connectivity index (χ0) is 9.07. The topological polar surface area (TPSA) is 0 Å². The SMILES string of the molecule is CC.CC(C)C1(C(C)C)CC1. The first-order valence-electron chi connectivity index (χ1n) is 5.09. The van der Waals surface area contributed by atoms with E-state index in [1.54, 1.807) is 0 Å². The van der Waals surface area contributed by atoms with E-state index in [0.29, 0.717) is 0 Å². The van der Waals surface area contributed by atoms with Crippen LogP contribution in [-0.4, -0.2) is 0 Å². The molecule has 1 fully saturated rings. The fourth-order valence-corrected chi connectivity index (χ4v) is 1.97. The Morgan fingerprint density at radius 1 is 0.818 bits per heavy atom. The Morgan fingerprint density at radius 2 is 1.09 bits per heavy atom. The molecule has 1 aliphatic carbocycles. The highest BCUT2D eigenvalue weighted by Gasteiger charge is 2.47. The number of hydrogen-bond acceptors (Lipinski definition) is 0. The van der Waals surface area contributed by atoms with Crippen LogP contribution in [0.3, 0.4) is 0 Å². The van der Waals surface area contributed by atoms with Gasteiger partial charge in [0, 0.05) is 0 Å². The summed E-state index contributed by atoms with van der Waals surface area (Å²) in [6, 6.07) is 0. The van der Waals surface area contributed by atoms with Crippen molar-refractivity contribution in [3.8, 4) is 0 Å². The minimum Gasteiger partial charge on any atom is -0.0683 e. The van der Waals surface area contributed by atoms with Gasteiger partial charge in [0.2, 0.25) is 0 Å². The molecule has 0 aromatic rings. The predicted molar refractivity (Wildman–Crippen MR) is 52.7 cm³/mol.